The first-order chi connectivity index (χ1) is 19.3. The third-order valence-electron chi connectivity index (χ3n) is 6.58. The van der Waals surface area contributed by atoms with E-state index in [0.29, 0.717) is 0 Å². The summed E-state index contributed by atoms with van der Waals surface area (Å²) in [6, 6.07) is -3.20. The molecular weight excluding hydrogens is 572 g/mol. The van der Waals surface area contributed by atoms with Crippen molar-refractivity contribution in [2.24, 2.45) is 0 Å². The number of rotatable bonds is 9. The minimum absolute atomic E-state index is 0.605. The smallest absolute Gasteiger partial charge is 0.257 e. The van der Waals surface area contributed by atoms with Gasteiger partial charge < -0.3 is 59.9 Å². The van der Waals surface area contributed by atoms with Crippen LogP contribution in [0.1, 0.15) is 17.3 Å². The molecule has 2 heterocycles. The highest BCUT2D eigenvalue weighted by molar-refractivity contribution is 5.95. The number of nitrogens with one attached hydrogen (secondary N) is 2. The van der Waals surface area contributed by atoms with Crippen molar-refractivity contribution < 1.29 is 76.4 Å². The summed E-state index contributed by atoms with van der Waals surface area (Å²) < 4.78 is 83.1. The Labute approximate surface area is 229 Å². The van der Waals surface area contributed by atoms with E-state index < -0.39 is 121 Å². The molecule has 3 rings (SSSR count). The van der Waals surface area contributed by atoms with Crippen molar-refractivity contribution in [3.05, 3.63) is 28.8 Å². The first kappa shape index (κ1) is 32.8. The van der Waals surface area contributed by atoms with Crippen molar-refractivity contribution in [3.63, 3.8) is 0 Å². The van der Waals surface area contributed by atoms with Gasteiger partial charge in [0, 0.05) is 14.0 Å². The van der Waals surface area contributed by atoms with Crippen LogP contribution < -0.4 is 15.4 Å². The van der Waals surface area contributed by atoms with Crippen LogP contribution in [0, 0.1) is 23.3 Å². The summed E-state index contributed by atoms with van der Waals surface area (Å²) in [6.45, 7) is -0.604. The predicted octanol–water partition coefficient (Wildman–Crippen LogP) is -2.60. The quantitative estimate of drug-likeness (QED) is 0.115. The molecule has 2 fully saturated rings. The van der Waals surface area contributed by atoms with Gasteiger partial charge in [-0.2, -0.15) is 8.78 Å². The topological polar surface area (TPSA) is 205 Å². The van der Waals surface area contributed by atoms with E-state index >= 15 is 0 Å². The van der Waals surface area contributed by atoms with Crippen LogP contribution in [-0.2, 0) is 23.7 Å². The molecule has 0 unspecified atom stereocenters. The van der Waals surface area contributed by atoms with E-state index in [9.17, 15) is 52.7 Å². The Morgan fingerprint density at radius 3 is 1.85 bits per heavy atom. The third-order valence-corrected chi connectivity index (χ3v) is 6.58. The number of benzene rings is 1. The van der Waals surface area contributed by atoms with Crippen LogP contribution in [-0.4, -0.2) is 126 Å². The summed E-state index contributed by atoms with van der Waals surface area (Å²) in [4.78, 5) is 24.4. The van der Waals surface area contributed by atoms with Gasteiger partial charge in [0.2, 0.25) is 17.5 Å². The van der Waals surface area contributed by atoms with Crippen LogP contribution in [0.25, 0.3) is 0 Å². The second-order valence-electron chi connectivity index (χ2n) is 9.15. The Kier molecular flexibility index (Phi) is 10.8. The van der Waals surface area contributed by atoms with Crippen LogP contribution in [0.2, 0.25) is 0 Å². The molecule has 1 aromatic rings. The molecule has 10 atom stereocenters. The van der Waals surface area contributed by atoms with Crippen LogP contribution in [0.15, 0.2) is 0 Å². The minimum Gasteiger partial charge on any atom is -0.491 e. The molecule has 0 bridgehead atoms. The maximum absolute atomic E-state index is 14.5. The molecule has 18 heteroatoms. The molecule has 1 aromatic carbocycles. The van der Waals surface area contributed by atoms with E-state index in [1.807, 2.05) is 5.32 Å². The number of methoxy groups -OCH3 is 2. The number of amides is 2. The van der Waals surface area contributed by atoms with Crippen molar-refractivity contribution in [2.75, 3.05) is 27.4 Å². The zero-order valence-electron chi connectivity index (χ0n) is 21.8. The summed E-state index contributed by atoms with van der Waals surface area (Å²) in [5.41, 5.74) is -1.75. The molecule has 41 heavy (non-hydrogen) atoms. The van der Waals surface area contributed by atoms with Crippen LogP contribution in [0.3, 0.4) is 0 Å². The molecule has 2 saturated heterocycles. The van der Waals surface area contributed by atoms with Crippen molar-refractivity contribution in [1.29, 1.82) is 0 Å². The Morgan fingerprint density at radius 1 is 0.805 bits per heavy atom. The number of carbonyl (C=O) groups excluding carboxylic acids is 2. The average molecular weight is 602 g/mol. The molecule has 7 N–H and O–H groups in total. The lowest BCUT2D eigenvalue weighted by Gasteiger charge is -2.47. The second-order valence-corrected chi connectivity index (χ2v) is 9.15. The van der Waals surface area contributed by atoms with E-state index in [2.05, 4.69) is 10.1 Å². The monoisotopic (exact) mass is 602 g/mol. The van der Waals surface area contributed by atoms with E-state index in [1.165, 1.54) is 7.11 Å². The largest absolute Gasteiger partial charge is 0.491 e. The lowest BCUT2D eigenvalue weighted by molar-refractivity contribution is -0.336. The summed E-state index contributed by atoms with van der Waals surface area (Å²) >= 11 is 0. The van der Waals surface area contributed by atoms with Crippen LogP contribution in [0.5, 0.6) is 5.75 Å². The van der Waals surface area contributed by atoms with Crippen molar-refractivity contribution in [1.82, 2.24) is 10.6 Å². The van der Waals surface area contributed by atoms with Gasteiger partial charge in [0.15, 0.2) is 30.0 Å². The van der Waals surface area contributed by atoms with Crippen molar-refractivity contribution >= 4 is 11.8 Å². The first-order valence-corrected chi connectivity index (χ1v) is 12.1. The number of halogens is 4. The normalized spacial score (nSPS) is 33.8. The number of carbonyl (C=O) groups is 2. The fraction of sp³-hybridized carbons (Fsp3) is 0.652. The second kappa shape index (κ2) is 13.5. The third kappa shape index (κ3) is 6.40. The zero-order chi connectivity index (χ0) is 30.8. The highest BCUT2D eigenvalue weighted by atomic mass is 19.2. The van der Waals surface area contributed by atoms with Gasteiger partial charge in [0.25, 0.3) is 5.91 Å². The number of hydrogen-bond acceptors (Lipinski definition) is 12. The summed E-state index contributed by atoms with van der Waals surface area (Å²) in [7, 11) is 1.93. The fourth-order valence-corrected chi connectivity index (χ4v) is 4.56. The van der Waals surface area contributed by atoms with Crippen molar-refractivity contribution in [2.45, 2.75) is 68.2 Å². The lowest BCUT2D eigenvalue weighted by Crippen LogP contribution is -2.69. The molecule has 14 nitrogen and oxygen atoms in total. The molecule has 2 amide bonds. The summed E-state index contributed by atoms with van der Waals surface area (Å²) in [5.74, 6) is -12.2. The Bertz CT molecular complexity index is 1090. The average Bonchev–Trinajstić information content (AvgIpc) is 2.93. The predicted molar refractivity (Wildman–Crippen MR) is 123 cm³/mol. The Morgan fingerprint density at radius 2 is 1.37 bits per heavy atom. The number of aliphatic hydroxyl groups is 5. The maximum atomic E-state index is 14.5. The molecule has 0 aliphatic carbocycles. The molecule has 0 radical (unpaired) electrons. The standard InChI is InChI=1S/C23H30F4N2O12/c1-6(32)28-15-17(34)19(8(5-31)40-22(15)38-3)41-23-18(35)14(16(33)7(4-30)39-23)29-21(36)9-10(24)12(26)20(37-2)13(27)11(9)25/h7-8,14-19,22-23,30-31,33-35H,4-5H2,1-3H3,(H,28,32)(H,29,36)/t7-,8-,14+,15-,16+,17-,18-,19-,22-,23+/m1/s1. The fourth-order valence-electron chi connectivity index (χ4n) is 4.56. The highest BCUT2D eigenvalue weighted by Crippen LogP contribution is 2.32. The first-order valence-electron chi connectivity index (χ1n) is 12.1. The van der Waals surface area contributed by atoms with Gasteiger partial charge in [-0.05, 0) is 0 Å². The van der Waals surface area contributed by atoms with Gasteiger partial charge in [-0.15, -0.1) is 0 Å². The molecular formula is C23H30F4N2O12. The van der Waals surface area contributed by atoms with Crippen molar-refractivity contribution in [3.8, 4) is 5.75 Å². The van der Waals surface area contributed by atoms with E-state index in [-0.39, 0.29) is 0 Å². The van der Waals surface area contributed by atoms with Gasteiger partial charge in [0.1, 0.15) is 48.2 Å². The van der Waals surface area contributed by atoms with Gasteiger partial charge in [-0.1, -0.05) is 0 Å². The van der Waals surface area contributed by atoms with Crippen LogP contribution >= 0.6 is 0 Å². The molecule has 0 aromatic heterocycles. The minimum atomic E-state index is -2.13. The van der Waals surface area contributed by atoms with E-state index in [1.54, 1.807) is 0 Å². The summed E-state index contributed by atoms with van der Waals surface area (Å²) in [5, 5.41) is 56.0. The number of aliphatic hydroxyl groups excluding tert-OH is 5. The van der Waals surface area contributed by atoms with Crippen LogP contribution in [0.4, 0.5) is 17.6 Å². The molecule has 0 saturated carbocycles. The van der Waals surface area contributed by atoms with E-state index in [0.717, 1.165) is 14.0 Å². The van der Waals surface area contributed by atoms with Gasteiger partial charge >= 0.3 is 0 Å². The molecule has 0 spiro atoms. The Balaban J connectivity index is 1.90. The van der Waals surface area contributed by atoms with Gasteiger partial charge in [-0.25, -0.2) is 8.78 Å². The zero-order valence-corrected chi connectivity index (χ0v) is 21.8. The SMILES string of the molecule is COc1c(F)c(F)c(C(=O)N[C@H]2[C@@H](O)[C@@H](CO)O[C@@H](O[C@H]3[C@H](O)[C@@H](NC(C)=O)[C@H](OC)O[C@@H]3CO)[C@@H]2O)c(F)c1F. The maximum Gasteiger partial charge on any atom is 0.257 e. The highest BCUT2D eigenvalue weighted by Gasteiger charge is 2.52. The molecule has 2 aliphatic rings. The number of ether oxygens (including phenoxy) is 5. The van der Waals surface area contributed by atoms with E-state index in [4.69, 9.17) is 18.9 Å². The molecule has 232 valence electrons. The molecule has 2 aliphatic heterocycles. The van der Waals surface area contributed by atoms with Gasteiger partial charge in [0.05, 0.1) is 26.4 Å². The summed E-state index contributed by atoms with van der Waals surface area (Å²) in [6.07, 6.45) is -13.5. The van der Waals surface area contributed by atoms with Gasteiger partial charge in [-0.3, -0.25) is 9.59 Å². The number of hydrogen-bond donors (Lipinski definition) is 7. The lowest BCUT2D eigenvalue weighted by atomic mass is 9.94. The Hall–Kier alpha value is -2.68.